The predicted molar refractivity (Wildman–Crippen MR) is 80.6 cm³/mol. The number of halogens is 1. The van der Waals surface area contributed by atoms with E-state index in [1.165, 1.54) is 19.3 Å². The van der Waals surface area contributed by atoms with E-state index >= 15 is 0 Å². The number of carbonyl (C=O) groups is 2. The van der Waals surface area contributed by atoms with Crippen molar-refractivity contribution >= 4 is 24.2 Å². The summed E-state index contributed by atoms with van der Waals surface area (Å²) in [6, 6.07) is 0.0867. The highest BCUT2D eigenvalue weighted by Gasteiger charge is 2.33. The SMILES string of the molecule is Cl.NCC1(CC(=O)NC2CCC(=O)NC2)CCCCC1. The van der Waals surface area contributed by atoms with Crippen LogP contribution >= 0.6 is 12.4 Å². The highest BCUT2D eigenvalue weighted by Crippen LogP contribution is 2.38. The topological polar surface area (TPSA) is 84.2 Å². The standard InChI is InChI=1S/C14H25N3O2.ClH/c15-10-14(6-2-1-3-7-14)8-13(19)17-11-4-5-12(18)16-9-11;/h11H,1-10,15H2,(H,16,18)(H,17,19);1H. The molecule has 6 heteroatoms. The smallest absolute Gasteiger partial charge is 0.220 e. The maximum Gasteiger partial charge on any atom is 0.220 e. The molecule has 1 aliphatic carbocycles. The van der Waals surface area contributed by atoms with Gasteiger partial charge in [0.05, 0.1) is 0 Å². The molecule has 2 amide bonds. The van der Waals surface area contributed by atoms with E-state index in [2.05, 4.69) is 10.6 Å². The first-order valence-electron chi connectivity index (χ1n) is 7.40. The van der Waals surface area contributed by atoms with Gasteiger partial charge in [-0.25, -0.2) is 0 Å². The second-order valence-electron chi connectivity index (χ2n) is 6.05. The van der Waals surface area contributed by atoms with Crippen molar-refractivity contribution in [3.8, 4) is 0 Å². The second-order valence-corrected chi connectivity index (χ2v) is 6.05. The van der Waals surface area contributed by atoms with Crippen LogP contribution in [0.2, 0.25) is 0 Å². The minimum Gasteiger partial charge on any atom is -0.354 e. The molecule has 4 N–H and O–H groups in total. The van der Waals surface area contributed by atoms with Gasteiger partial charge in [0.2, 0.25) is 11.8 Å². The van der Waals surface area contributed by atoms with Crippen molar-refractivity contribution in [3.63, 3.8) is 0 Å². The van der Waals surface area contributed by atoms with Crippen LogP contribution in [-0.2, 0) is 9.59 Å². The van der Waals surface area contributed by atoms with E-state index in [9.17, 15) is 9.59 Å². The summed E-state index contributed by atoms with van der Waals surface area (Å²) in [6.07, 6.45) is 7.55. The van der Waals surface area contributed by atoms with Crippen LogP contribution in [0, 0.1) is 5.41 Å². The quantitative estimate of drug-likeness (QED) is 0.727. The third-order valence-corrected chi connectivity index (χ3v) is 4.51. The molecule has 0 aromatic carbocycles. The van der Waals surface area contributed by atoms with Crippen molar-refractivity contribution in [1.29, 1.82) is 0 Å². The average molecular weight is 304 g/mol. The Hall–Kier alpha value is -0.810. The fourth-order valence-electron chi connectivity index (χ4n) is 3.23. The molecule has 116 valence electrons. The molecule has 1 saturated heterocycles. The van der Waals surface area contributed by atoms with Crippen molar-refractivity contribution in [1.82, 2.24) is 10.6 Å². The first-order valence-corrected chi connectivity index (χ1v) is 7.40. The molecular weight excluding hydrogens is 278 g/mol. The van der Waals surface area contributed by atoms with Gasteiger partial charge in [-0.2, -0.15) is 0 Å². The monoisotopic (exact) mass is 303 g/mol. The van der Waals surface area contributed by atoms with E-state index < -0.39 is 0 Å². The van der Waals surface area contributed by atoms with Gasteiger partial charge in [0.25, 0.3) is 0 Å². The number of piperidine rings is 1. The van der Waals surface area contributed by atoms with Gasteiger partial charge >= 0.3 is 0 Å². The lowest BCUT2D eigenvalue weighted by Crippen LogP contribution is -2.49. The van der Waals surface area contributed by atoms with Gasteiger partial charge < -0.3 is 16.4 Å². The van der Waals surface area contributed by atoms with Gasteiger partial charge in [0.1, 0.15) is 0 Å². The number of nitrogens with one attached hydrogen (secondary N) is 2. The maximum atomic E-state index is 12.1. The summed E-state index contributed by atoms with van der Waals surface area (Å²) >= 11 is 0. The van der Waals surface area contributed by atoms with E-state index in [0.29, 0.717) is 25.9 Å². The summed E-state index contributed by atoms with van der Waals surface area (Å²) in [4.78, 5) is 23.2. The van der Waals surface area contributed by atoms with E-state index in [-0.39, 0.29) is 35.7 Å². The van der Waals surface area contributed by atoms with Crippen molar-refractivity contribution < 1.29 is 9.59 Å². The maximum absolute atomic E-state index is 12.1. The minimum absolute atomic E-state index is 0. The van der Waals surface area contributed by atoms with Crippen LogP contribution in [0.5, 0.6) is 0 Å². The van der Waals surface area contributed by atoms with Crippen LogP contribution < -0.4 is 16.4 Å². The summed E-state index contributed by atoms with van der Waals surface area (Å²) in [7, 11) is 0. The Balaban J connectivity index is 0.00000200. The Kier molecular flexibility index (Phi) is 6.76. The lowest BCUT2D eigenvalue weighted by Gasteiger charge is -2.36. The molecule has 0 aromatic rings. The number of amides is 2. The normalized spacial score (nSPS) is 25.2. The van der Waals surface area contributed by atoms with Gasteiger partial charge in [-0.3, -0.25) is 9.59 Å². The minimum atomic E-state index is 0. The zero-order chi connectivity index (χ0) is 13.7. The fraction of sp³-hybridized carbons (Fsp3) is 0.857. The Morgan fingerprint density at radius 2 is 2.05 bits per heavy atom. The molecule has 2 aliphatic rings. The molecule has 20 heavy (non-hydrogen) atoms. The van der Waals surface area contributed by atoms with E-state index in [1.54, 1.807) is 0 Å². The van der Waals surface area contributed by atoms with Crippen LogP contribution in [0.4, 0.5) is 0 Å². The van der Waals surface area contributed by atoms with Crippen molar-refractivity contribution in [2.24, 2.45) is 11.1 Å². The number of rotatable bonds is 4. The molecule has 2 fully saturated rings. The molecule has 1 atom stereocenters. The molecule has 0 aromatic heterocycles. The summed E-state index contributed by atoms with van der Waals surface area (Å²) in [5.41, 5.74) is 5.92. The summed E-state index contributed by atoms with van der Waals surface area (Å²) < 4.78 is 0. The molecule has 1 heterocycles. The molecule has 0 radical (unpaired) electrons. The second kappa shape index (κ2) is 7.84. The van der Waals surface area contributed by atoms with Gasteiger partial charge in [-0.1, -0.05) is 19.3 Å². The third kappa shape index (κ3) is 4.63. The molecule has 1 saturated carbocycles. The van der Waals surface area contributed by atoms with E-state index in [1.807, 2.05) is 0 Å². The van der Waals surface area contributed by atoms with Crippen LogP contribution in [0.3, 0.4) is 0 Å². The van der Waals surface area contributed by atoms with Crippen LogP contribution in [0.15, 0.2) is 0 Å². The van der Waals surface area contributed by atoms with Gasteiger partial charge in [0.15, 0.2) is 0 Å². The predicted octanol–water partition coefficient (Wildman–Crippen LogP) is 1.10. The number of hydrogen-bond donors (Lipinski definition) is 3. The highest BCUT2D eigenvalue weighted by atomic mass is 35.5. The number of nitrogens with two attached hydrogens (primary N) is 1. The molecule has 0 spiro atoms. The largest absolute Gasteiger partial charge is 0.354 e. The molecular formula is C14H26ClN3O2. The first-order chi connectivity index (χ1) is 9.13. The van der Waals surface area contributed by atoms with Crippen LogP contribution in [-0.4, -0.2) is 30.9 Å². The Morgan fingerprint density at radius 3 is 2.60 bits per heavy atom. The first kappa shape index (κ1) is 17.2. The Labute approximate surface area is 126 Å². The van der Waals surface area contributed by atoms with E-state index in [0.717, 1.165) is 19.3 Å². The molecule has 1 aliphatic heterocycles. The summed E-state index contributed by atoms with van der Waals surface area (Å²) in [5, 5.41) is 5.82. The average Bonchev–Trinajstić information content (AvgIpc) is 2.42. The van der Waals surface area contributed by atoms with Crippen molar-refractivity contribution in [3.05, 3.63) is 0 Å². The lowest BCUT2D eigenvalue weighted by molar-refractivity contribution is -0.127. The molecule has 0 bridgehead atoms. The number of carbonyl (C=O) groups excluding carboxylic acids is 2. The Bertz CT molecular complexity index is 333. The zero-order valence-electron chi connectivity index (χ0n) is 12.0. The highest BCUT2D eigenvalue weighted by molar-refractivity contribution is 5.85. The molecule has 2 rings (SSSR count). The van der Waals surface area contributed by atoms with Crippen molar-refractivity contribution in [2.45, 2.75) is 57.4 Å². The summed E-state index contributed by atoms with van der Waals surface area (Å²) in [5.74, 6) is 0.171. The summed E-state index contributed by atoms with van der Waals surface area (Å²) in [6.45, 7) is 1.15. The van der Waals surface area contributed by atoms with Gasteiger partial charge in [-0.05, 0) is 31.2 Å². The third-order valence-electron chi connectivity index (χ3n) is 4.51. The Morgan fingerprint density at radius 1 is 1.35 bits per heavy atom. The molecule has 5 nitrogen and oxygen atoms in total. The molecule has 1 unspecified atom stereocenters. The number of hydrogen-bond acceptors (Lipinski definition) is 3. The van der Waals surface area contributed by atoms with Crippen molar-refractivity contribution in [2.75, 3.05) is 13.1 Å². The fourth-order valence-corrected chi connectivity index (χ4v) is 3.23. The van der Waals surface area contributed by atoms with E-state index in [4.69, 9.17) is 5.73 Å². The lowest BCUT2D eigenvalue weighted by atomic mass is 9.71. The zero-order valence-corrected chi connectivity index (χ0v) is 12.8. The van der Waals surface area contributed by atoms with Crippen LogP contribution in [0.25, 0.3) is 0 Å². The van der Waals surface area contributed by atoms with Crippen LogP contribution in [0.1, 0.15) is 51.4 Å². The van der Waals surface area contributed by atoms with Gasteiger partial charge in [-0.15, -0.1) is 12.4 Å². The van der Waals surface area contributed by atoms with Gasteiger partial charge in [0, 0.05) is 25.4 Å².